The van der Waals surface area contributed by atoms with Crippen molar-refractivity contribution < 1.29 is 13.3 Å². The Bertz CT molecular complexity index is 738. The van der Waals surface area contributed by atoms with Crippen LogP contribution in [0, 0.1) is 11.6 Å². The van der Waals surface area contributed by atoms with Crippen LogP contribution in [0.4, 0.5) is 8.78 Å². The SMILES string of the molecule is C[C@@H](c1ccc(F)cc1F)N1CCN(Cc2noc(C3CC3)n2)CC1. The number of hydrogen-bond acceptors (Lipinski definition) is 5. The summed E-state index contributed by atoms with van der Waals surface area (Å²) < 4.78 is 32.4. The number of hydrogen-bond donors (Lipinski definition) is 0. The first-order valence-corrected chi connectivity index (χ1v) is 8.84. The Hall–Kier alpha value is -1.86. The van der Waals surface area contributed by atoms with Gasteiger partial charge >= 0.3 is 0 Å². The number of piperazine rings is 1. The van der Waals surface area contributed by atoms with Crippen molar-refractivity contribution in [2.45, 2.75) is 38.3 Å². The van der Waals surface area contributed by atoms with Crippen molar-refractivity contribution in [3.8, 4) is 0 Å². The molecule has 2 fully saturated rings. The van der Waals surface area contributed by atoms with Crippen molar-refractivity contribution in [2.24, 2.45) is 0 Å². The van der Waals surface area contributed by atoms with Crippen molar-refractivity contribution in [3.63, 3.8) is 0 Å². The van der Waals surface area contributed by atoms with E-state index in [9.17, 15) is 8.78 Å². The van der Waals surface area contributed by atoms with Gasteiger partial charge in [-0.1, -0.05) is 11.2 Å². The van der Waals surface area contributed by atoms with Gasteiger partial charge in [-0.05, 0) is 25.8 Å². The molecule has 0 unspecified atom stereocenters. The smallest absolute Gasteiger partial charge is 0.229 e. The fraction of sp³-hybridized carbons (Fsp3) is 0.556. The highest BCUT2D eigenvalue weighted by molar-refractivity contribution is 5.22. The molecule has 5 nitrogen and oxygen atoms in total. The highest BCUT2D eigenvalue weighted by Crippen LogP contribution is 2.38. The molecule has 4 rings (SSSR count). The van der Waals surface area contributed by atoms with Gasteiger partial charge in [0.15, 0.2) is 5.82 Å². The lowest BCUT2D eigenvalue weighted by Crippen LogP contribution is -2.46. The van der Waals surface area contributed by atoms with Crippen molar-refractivity contribution in [2.75, 3.05) is 26.2 Å². The van der Waals surface area contributed by atoms with Gasteiger partial charge in [0.25, 0.3) is 0 Å². The van der Waals surface area contributed by atoms with Crippen molar-refractivity contribution >= 4 is 0 Å². The van der Waals surface area contributed by atoms with Gasteiger partial charge in [-0.3, -0.25) is 9.80 Å². The maximum absolute atomic E-state index is 14.0. The lowest BCUT2D eigenvalue weighted by Gasteiger charge is -2.37. The molecular formula is C18H22F2N4O. The van der Waals surface area contributed by atoms with Crippen LogP contribution in [-0.2, 0) is 6.54 Å². The first kappa shape index (κ1) is 16.6. The molecule has 1 aliphatic heterocycles. The molecule has 0 radical (unpaired) electrons. The fourth-order valence-corrected chi connectivity index (χ4v) is 3.37. The molecule has 1 atom stereocenters. The third-order valence-corrected chi connectivity index (χ3v) is 5.14. The number of halogens is 2. The van der Waals surface area contributed by atoms with Crippen LogP contribution >= 0.6 is 0 Å². The maximum Gasteiger partial charge on any atom is 0.229 e. The Morgan fingerprint density at radius 2 is 1.96 bits per heavy atom. The molecule has 7 heteroatoms. The third kappa shape index (κ3) is 3.72. The minimum atomic E-state index is -0.538. The first-order valence-electron chi connectivity index (χ1n) is 8.84. The Morgan fingerprint density at radius 1 is 1.20 bits per heavy atom. The van der Waals surface area contributed by atoms with E-state index < -0.39 is 11.6 Å². The van der Waals surface area contributed by atoms with Crippen LogP contribution < -0.4 is 0 Å². The molecule has 1 aromatic carbocycles. The molecule has 0 amide bonds. The first-order chi connectivity index (χ1) is 12.1. The summed E-state index contributed by atoms with van der Waals surface area (Å²) in [5, 5.41) is 4.07. The topological polar surface area (TPSA) is 45.4 Å². The third-order valence-electron chi connectivity index (χ3n) is 5.14. The average molecular weight is 348 g/mol. The van der Waals surface area contributed by atoms with Gasteiger partial charge < -0.3 is 4.52 Å². The van der Waals surface area contributed by atoms with Crippen LogP contribution in [0.5, 0.6) is 0 Å². The summed E-state index contributed by atoms with van der Waals surface area (Å²) in [6, 6.07) is 3.74. The normalized spacial score (nSPS) is 20.8. The Balaban J connectivity index is 1.32. The molecule has 134 valence electrons. The Labute approximate surface area is 145 Å². The van der Waals surface area contributed by atoms with E-state index >= 15 is 0 Å². The molecule has 2 aliphatic rings. The van der Waals surface area contributed by atoms with E-state index in [0.717, 1.165) is 56.8 Å². The average Bonchev–Trinajstić information content (AvgIpc) is 3.35. The van der Waals surface area contributed by atoms with Gasteiger partial charge in [-0.15, -0.1) is 0 Å². The summed E-state index contributed by atoms with van der Waals surface area (Å²) in [5.41, 5.74) is 0.544. The van der Waals surface area contributed by atoms with Crippen LogP contribution in [0.3, 0.4) is 0 Å². The number of nitrogens with zero attached hydrogens (tertiary/aromatic N) is 4. The number of aromatic nitrogens is 2. The molecule has 1 aromatic heterocycles. The van der Waals surface area contributed by atoms with E-state index in [1.165, 1.54) is 6.07 Å². The monoisotopic (exact) mass is 348 g/mol. The molecule has 0 bridgehead atoms. The predicted molar refractivity (Wildman–Crippen MR) is 87.9 cm³/mol. The molecule has 0 N–H and O–H groups in total. The Kier molecular flexibility index (Phi) is 4.52. The van der Waals surface area contributed by atoms with Crippen LogP contribution in [0.15, 0.2) is 22.7 Å². The zero-order chi connectivity index (χ0) is 17.4. The number of benzene rings is 1. The van der Waals surface area contributed by atoms with Gasteiger partial charge in [-0.25, -0.2) is 8.78 Å². The van der Waals surface area contributed by atoms with Gasteiger partial charge in [0, 0.05) is 49.8 Å². The highest BCUT2D eigenvalue weighted by Gasteiger charge is 2.30. The summed E-state index contributed by atoms with van der Waals surface area (Å²) in [6.07, 6.45) is 2.30. The largest absolute Gasteiger partial charge is 0.339 e. The van der Waals surface area contributed by atoms with Crippen LogP contribution in [-0.4, -0.2) is 46.1 Å². The van der Waals surface area contributed by atoms with E-state index in [4.69, 9.17) is 4.52 Å². The van der Waals surface area contributed by atoms with Gasteiger partial charge in [-0.2, -0.15) is 4.98 Å². The van der Waals surface area contributed by atoms with E-state index in [2.05, 4.69) is 19.9 Å². The quantitative estimate of drug-likeness (QED) is 0.831. The molecule has 1 saturated heterocycles. The van der Waals surface area contributed by atoms with E-state index in [1.807, 2.05) is 6.92 Å². The van der Waals surface area contributed by atoms with Crippen LogP contribution in [0.1, 0.15) is 49.0 Å². The molecule has 1 aliphatic carbocycles. The fourth-order valence-electron chi connectivity index (χ4n) is 3.37. The Morgan fingerprint density at radius 3 is 2.64 bits per heavy atom. The van der Waals surface area contributed by atoms with Crippen LogP contribution in [0.2, 0.25) is 0 Å². The van der Waals surface area contributed by atoms with Crippen LogP contribution in [0.25, 0.3) is 0 Å². The van der Waals surface area contributed by atoms with Gasteiger partial charge in [0.2, 0.25) is 5.89 Å². The summed E-state index contributed by atoms with van der Waals surface area (Å²) in [4.78, 5) is 8.97. The molecule has 1 saturated carbocycles. The summed E-state index contributed by atoms with van der Waals surface area (Å²) in [5.74, 6) is 0.977. The zero-order valence-corrected chi connectivity index (χ0v) is 14.3. The minimum absolute atomic E-state index is 0.0746. The molecule has 0 spiro atoms. The van der Waals surface area contributed by atoms with Crippen molar-refractivity contribution in [1.82, 2.24) is 19.9 Å². The molecular weight excluding hydrogens is 326 g/mol. The van der Waals surface area contributed by atoms with E-state index in [-0.39, 0.29) is 6.04 Å². The standard InChI is InChI=1S/C18H22F2N4O/c1-12(15-5-4-14(19)10-16(15)20)24-8-6-23(7-9-24)11-17-21-18(25-22-17)13-2-3-13/h4-5,10,12-13H,2-3,6-9,11H2,1H3/t12-/m0/s1. The lowest BCUT2D eigenvalue weighted by molar-refractivity contribution is 0.0943. The van der Waals surface area contributed by atoms with E-state index in [1.54, 1.807) is 6.07 Å². The number of rotatable bonds is 5. The second-order valence-electron chi connectivity index (χ2n) is 6.98. The molecule has 2 aromatic rings. The predicted octanol–water partition coefficient (Wildman–Crippen LogP) is 3.10. The molecule has 25 heavy (non-hydrogen) atoms. The molecule has 2 heterocycles. The zero-order valence-electron chi connectivity index (χ0n) is 14.3. The lowest BCUT2D eigenvalue weighted by atomic mass is 10.1. The minimum Gasteiger partial charge on any atom is -0.339 e. The maximum atomic E-state index is 14.0. The second kappa shape index (κ2) is 6.80. The summed E-state index contributed by atoms with van der Waals surface area (Å²) >= 11 is 0. The van der Waals surface area contributed by atoms with E-state index in [0.29, 0.717) is 18.0 Å². The van der Waals surface area contributed by atoms with Crippen molar-refractivity contribution in [1.29, 1.82) is 0 Å². The second-order valence-corrected chi connectivity index (χ2v) is 6.98. The van der Waals surface area contributed by atoms with Gasteiger partial charge in [0.05, 0.1) is 6.54 Å². The summed E-state index contributed by atoms with van der Waals surface area (Å²) in [7, 11) is 0. The van der Waals surface area contributed by atoms with Gasteiger partial charge in [0.1, 0.15) is 11.6 Å². The highest BCUT2D eigenvalue weighted by atomic mass is 19.1. The van der Waals surface area contributed by atoms with Crippen molar-refractivity contribution in [3.05, 3.63) is 47.1 Å². The summed E-state index contributed by atoms with van der Waals surface area (Å²) in [6.45, 7) is 6.02.